The number of benzene rings is 1. The maximum absolute atomic E-state index is 12.2. The number of amides is 1. The maximum atomic E-state index is 12.2. The summed E-state index contributed by atoms with van der Waals surface area (Å²) in [7, 11) is 0. The van der Waals surface area contributed by atoms with Gasteiger partial charge in [-0.15, -0.1) is 0 Å². The Morgan fingerprint density at radius 2 is 1.96 bits per heavy atom. The molecule has 0 unspecified atom stereocenters. The molecule has 0 spiro atoms. The van der Waals surface area contributed by atoms with Gasteiger partial charge in [-0.25, -0.2) is 0 Å². The second-order valence-corrected chi connectivity index (χ2v) is 6.27. The van der Waals surface area contributed by atoms with Crippen LogP contribution in [-0.4, -0.2) is 28.3 Å². The Morgan fingerprint density at radius 3 is 2.56 bits per heavy atom. The Balaban J connectivity index is 2.00. The molecular weight excluding hydrogens is 344 g/mol. The lowest BCUT2D eigenvalue weighted by Crippen LogP contribution is -2.32. The Morgan fingerprint density at radius 1 is 1.28 bits per heavy atom. The van der Waals surface area contributed by atoms with Crippen LogP contribution in [0.5, 0.6) is 0 Å². The first kappa shape index (κ1) is 18.6. The quantitative estimate of drug-likeness (QED) is 0.626. The van der Waals surface area contributed by atoms with E-state index in [0.717, 1.165) is 11.3 Å². The van der Waals surface area contributed by atoms with E-state index in [0.29, 0.717) is 16.9 Å². The number of Topliss-reactive ketones (excluding diaryl/α,β-unsaturated/α-hetero) is 1. The molecule has 2 aromatic rings. The summed E-state index contributed by atoms with van der Waals surface area (Å²) in [6, 6.07) is 6.57. The zero-order valence-electron chi connectivity index (χ0n) is 14.1. The molecule has 1 heterocycles. The topological polar surface area (TPSA) is 94.5 Å². The van der Waals surface area contributed by atoms with E-state index >= 15 is 0 Å². The van der Waals surface area contributed by atoms with Gasteiger partial charge in [-0.2, -0.15) is 0 Å². The summed E-state index contributed by atoms with van der Waals surface area (Å²) in [4.78, 5) is 47.0. The number of hydrogen-bond acceptors (Lipinski definition) is 6. The number of carbonyl (C=O) groups excluding carboxylic acids is 3. The van der Waals surface area contributed by atoms with Crippen LogP contribution in [0.1, 0.15) is 29.9 Å². The zero-order valence-corrected chi connectivity index (χ0v) is 14.9. The van der Waals surface area contributed by atoms with Crippen molar-refractivity contribution in [1.29, 1.82) is 0 Å². The predicted octanol–water partition coefficient (Wildman–Crippen LogP) is 1.99. The van der Waals surface area contributed by atoms with Crippen molar-refractivity contribution >= 4 is 34.7 Å². The highest BCUT2D eigenvalue weighted by Crippen LogP contribution is 2.16. The molecule has 0 fully saturated rings. The normalized spacial score (nSPS) is 11.6. The monoisotopic (exact) mass is 362 g/mol. The standard InChI is InChI=1S/C17H18N2O5S/c1-10-9-25-17(23)19(10)8-15(21)24-12(3)16(22)18-14-7-5-4-6-13(14)11(2)20/h4-7,9,12H,8H2,1-3H3,(H,18,22)/t12-/m1/s1. The third-order valence-corrected chi connectivity index (χ3v) is 4.39. The predicted molar refractivity (Wildman–Crippen MR) is 93.9 cm³/mol. The molecule has 0 aliphatic rings. The number of ketones is 1. The maximum Gasteiger partial charge on any atom is 0.326 e. The minimum Gasteiger partial charge on any atom is -0.451 e. The summed E-state index contributed by atoms with van der Waals surface area (Å²) in [5.74, 6) is -1.43. The van der Waals surface area contributed by atoms with Crippen LogP contribution in [-0.2, 0) is 20.9 Å². The molecule has 0 aliphatic heterocycles. The third-order valence-electron chi connectivity index (χ3n) is 3.51. The Hall–Kier alpha value is -2.74. The second kappa shape index (κ2) is 7.89. The molecule has 0 saturated carbocycles. The van der Waals surface area contributed by atoms with Gasteiger partial charge in [0.25, 0.3) is 5.91 Å². The van der Waals surface area contributed by atoms with Gasteiger partial charge in [0.1, 0.15) is 6.54 Å². The van der Waals surface area contributed by atoms with Crippen LogP contribution in [0.25, 0.3) is 0 Å². The minimum absolute atomic E-state index is 0.187. The number of nitrogens with one attached hydrogen (secondary N) is 1. The van der Waals surface area contributed by atoms with Crippen molar-refractivity contribution < 1.29 is 19.1 Å². The van der Waals surface area contributed by atoms with Crippen LogP contribution < -0.4 is 10.2 Å². The molecule has 1 aromatic carbocycles. The van der Waals surface area contributed by atoms with Crippen molar-refractivity contribution in [1.82, 2.24) is 4.57 Å². The largest absolute Gasteiger partial charge is 0.451 e. The summed E-state index contributed by atoms with van der Waals surface area (Å²) in [5.41, 5.74) is 1.38. The second-order valence-electron chi connectivity index (χ2n) is 5.45. The lowest BCUT2D eigenvalue weighted by Gasteiger charge is -2.15. The van der Waals surface area contributed by atoms with E-state index in [1.807, 2.05) is 0 Å². The van der Waals surface area contributed by atoms with Gasteiger partial charge in [-0.1, -0.05) is 23.5 Å². The number of aryl methyl sites for hydroxylation is 1. The van der Waals surface area contributed by atoms with Crippen molar-refractivity contribution in [2.75, 3.05) is 5.32 Å². The number of aromatic nitrogens is 1. The number of rotatable bonds is 6. The van der Waals surface area contributed by atoms with E-state index in [2.05, 4.69) is 5.32 Å². The average molecular weight is 362 g/mol. The van der Waals surface area contributed by atoms with E-state index in [1.165, 1.54) is 18.4 Å². The highest BCUT2D eigenvalue weighted by Gasteiger charge is 2.20. The van der Waals surface area contributed by atoms with Crippen molar-refractivity contribution in [3.05, 3.63) is 50.6 Å². The smallest absolute Gasteiger partial charge is 0.326 e. The molecule has 7 nitrogen and oxygen atoms in total. The fourth-order valence-electron chi connectivity index (χ4n) is 2.15. The van der Waals surface area contributed by atoms with Gasteiger partial charge >= 0.3 is 10.8 Å². The number of thiazole rings is 1. The van der Waals surface area contributed by atoms with Crippen molar-refractivity contribution in [2.24, 2.45) is 0 Å². The number of hydrogen-bond donors (Lipinski definition) is 1. The number of carbonyl (C=O) groups is 3. The molecule has 2 rings (SSSR count). The van der Waals surface area contributed by atoms with Gasteiger partial charge in [-0.3, -0.25) is 23.7 Å². The zero-order chi connectivity index (χ0) is 18.6. The van der Waals surface area contributed by atoms with Gasteiger partial charge < -0.3 is 10.1 Å². The van der Waals surface area contributed by atoms with Crippen LogP contribution in [0.2, 0.25) is 0 Å². The number of anilines is 1. The average Bonchev–Trinajstić information content (AvgIpc) is 2.87. The van der Waals surface area contributed by atoms with E-state index in [9.17, 15) is 19.2 Å². The summed E-state index contributed by atoms with van der Waals surface area (Å²) in [5, 5.41) is 4.22. The van der Waals surface area contributed by atoms with Gasteiger partial charge in [0.2, 0.25) is 0 Å². The first-order valence-corrected chi connectivity index (χ1v) is 8.42. The Kier molecular flexibility index (Phi) is 5.87. The lowest BCUT2D eigenvalue weighted by atomic mass is 10.1. The van der Waals surface area contributed by atoms with Crippen molar-refractivity contribution in [2.45, 2.75) is 33.4 Å². The van der Waals surface area contributed by atoms with Crippen molar-refractivity contribution in [3.8, 4) is 0 Å². The van der Waals surface area contributed by atoms with E-state index in [1.54, 1.807) is 36.6 Å². The Labute approximate surface area is 148 Å². The highest BCUT2D eigenvalue weighted by molar-refractivity contribution is 7.07. The van der Waals surface area contributed by atoms with E-state index < -0.39 is 18.0 Å². The molecule has 0 aliphatic carbocycles. The van der Waals surface area contributed by atoms with Crippen LogP contribution >= 0.6 is 11.3 Å². The summed E-state index contributed by atoms with van der Waals surface area (Å²) < 4.78 is 6.36. The summed E-state index contributed by atoms with van der Waals surface area (Å²) in [6.45, 7) is 4.28. The van der Waals surface area contributed by atoms with Crippen LogP contribution in [0.3, 0.4) is 0 Å². The van der Waals surface area contributed by atoms with Crippen molar-refractivity contribution in [3.63, 3.8) is 0 Å². The van der Waals surface area contributed by atoms with Crippen LogP contribution in [0.15, 0.2) is 34.4 Å². The number of para-hydroxylation sites is 1. The van der Waals surface area contributed by atoms with Crippen LogP contribution in [0, 0.1) is 6.92 Å². The van der Waals surface area contributed by atoms with E-state index in [4.69, 9.17) is 4.74 Å². The number of esters is 1. The fraction of sp³-hybridized carbons (Fsp3) is 0.294. The first-order valence-electron chi connectivity index (χ1n) is 7.55. The first-order chi connectivity index (χ1) is 11.8. The fourth-order valence-corrected chi connectivity index (χ4v) is 2.88. The molecule has 1 aromatic heterocycles. The molecule has 0 saturated heterocycles. The molecule has 1 atom stereocenters. The minimum atomic E-state index is -1.07. The molecule has 132 valence electrons. The molecule has 0 radical (unpaired) electrons. The Bertz CT molecular complexity index is 868. The summed E-state index contributed by atoms with van der Waals surface area (Å²) >= 11 is 0.993. The lowest BCUT2D eigenvalue weighted by molar-refractivity contribution is -0.153. The van der Waals surface area contributed by atoms with E-state index in [-0.39, 0.29) is 17.2 Å². The molecular formula is C17H18N2O5S. The molecule has 0 bridgehead atoms. The van der Waals surface area contributed by atoms with Crippen LogP contribution in [0.4, 0.5) is 5.69 Å². The van der Waals surface area contributed by atoms with Gasteiger partial charge in [0.15, 0.2) is 11.9 Å². The SMILES string of the molecule is CC(=O)c1ccccc1NC(=O)[C@@H](C)OC(=O)Cn1c(C)csc1=O. The van der Waals surface area contributed by atoms with Gasteiger partial charge in [0, 0.05) is 16.6 Å². The third kappa shape index (κ3) is 4.63. The molecule has 25 heavy (non-hydrogen) atoms. The molecule has 1 N–H and O–H groups in total. The number of ether oxygens (including phenoxy) is 1. The summed E-state index contributed by atoms with van der Waals surface area (Å²) in [6.07, 6.45) is -1.07. The van der Waals surface area contributed by atoms with Gasteiger partial charge in [-0.05, 0) is 32.9 Å². The molecule has 1 amide bonds. The number of nitrogens with zero attached hydrogens (tertiary/aromatic N) is 1. The van der Waals surface area contributed by atoms with Gasteiger partial charge in [0.05, 0.1) is 5.69 Å². The highest BCUT2D eigenvalue weighted by atomic mass is 32.1. The molecule has 8 heteroatoms.